The zero-order valence-corrected chi connectivity index (χ0v) is 16.4. The molecular formula is C23H16F4N4O. The molecule has 3 aromatic carbocycles. The van der Waals surface area contributed by atoms with E-state index < -0.39 is 30.0 Å². The average molecular weight is 440 g/mol. The maximum atomic E-state index is 14.3. The van der Waals surface area contributed by atoms with Gasteiger partial charge in [0, 0.05) is 22.6 Å². The van der Waals surface area contributed by atoms with Gasteiger partial charge in [-0.05, 0) is 29.8 Å². The van der Waals surface area contributed by atoms with E-state index in [1.54, 1.807) is 42.5 Å². The van der Waals surface area contributed by atoms with Gasteiger partial charge < -0.3 is 11.1 Å². The fraction of sp³-hybridized carbons (Fsp3) is 0.0870. The van der Waals surface area contributed by atoms with Crippen molar-refractivity contribution in [2.75, 3.05) is 11.9 Å². The fourth-order valence-corrected chi connectivity index (χ4v) is 3.15. The number of nitrogens with two attached hydrogens (primary N) is 1. The number of carbonyl (C=O) groups is 1. The lowest BCUT2D eigenvalue weighted by molar-refractivity contribution is -0.139. The van der Waals surface area contributed by atoms with E-state index in [0.717, 1.165) is 12.1 Å². The summed E-state index contributed by atoms with van der Waals surface area (Å²) in [5, 5.41) is 2.78. The van der Waals surface area contributed by atoms with Crippen molar-refractivity contribution in [1.82, 2.24) is 9.97 Å². The lowest BCUT2D eigenvalue weighted by Gasteiger charge is -2.16. The molecule has 0 aliphatic heterocycles. The molecule has 0 unspecified atom stereocenters. The molecule has 0 aliphatic carbocycles. The van der Waals surface area contributed by atoms with Crippen LogP contribution in [0, 0.1) is 11.6 Å². The maximum absolute atomic E-state index is 14.3. The molecule has 0 aliphatic rings. The second-order valence-electron chi connectivity index (χ2n) is 7.04. The molecule has 4 aromatic rings. The van der Waals surface area contributed by atoms with Crippen molar-refractivity contribution in [3.05, 3.63) is 78.4 Å². The molecule has 32 heavy (non-hydrogen) atoms. The second-order valence-corrected chi connectivity index (χ2v) is 7.04. The van der Waals surface area contributed by atoms with Crippen molar-refractivity contribution < 1.29 is 22.4 Å². The number of aromatic nitrogens is 2. The fourth-order valence-electron chi connectivity index (χ4n) is 3.15. The standard InChI is InChI=1S/C23H16F4N4O/c24-15-7-8-16(18(25)11-15)14-6-9-19-17(10-14)21(29-12-23(26,27)22(28)32)31-20(30-19)13-4-2-1-3-5-13/h1-11H,12H2,(H2,28,32)(H,29,30,31). The summed E-state index contributed by atoms with van der Waals surface area (Å²) in [4.78, 5) is 19.8. The van der Waals surface area contributed by atoms with Gasteiger partial charge in [-0.1, -0.05) is 36.4 Å². The van der Waals surface area contributed by atoms with Crippen molar-refractivity contribution in [3.63, 3.8) is 0 Å². The monoisotopic (exact) mass is 440 g/mol. The molecule has 1 aromatic heterocycles. The van der Waals surface area contributed by atoms with Gasteiger partial charge in [-0.3, -0.25) is 4.79 Å². The Labute approximate surface area is 179 Å². The highest BCUT2D eigenvalue weighted by Gasteiger charge is 2.36. The Morgan fingerprint density at radius 2 is 1.69 bits per heavy atom. The summed E-state index contributed by atoms with van der Waals surface area (Å²) in [6, 6.07) is 16.7. The Bertz CT molecular complexity index is 1310. The summed E-state index contributed by atoms with van der Waals surface area (Å²) in [6.07, 6.45) is 0. The van der Waals surface area contributed by atoms with E-state index in [-0.39, 0.29) is 17.2 Å². The molecule has 4 rings (SSSR count). The first-order valence-corrected chi connectivity index (χ1v) is 9.49. The summed E-state index contributed by atoms with van der Waals surface area (Å²) in [5.41, 5.74) is 6.30. The van der Waals surface area contributed by atoms with Gasteiger partial charge in [0.1, 0.15) is 17.5 Å². The number of halogens is 4. The highest BCUT2D eigenvalue weighted by Crippen LogP contribution is 2.31. The van der Waals surface area contributed by atoms with E-state index in [2.05, 4.69) is 15.3 Å². The Morgan fingerprint density at radius 3 is 2.38 bits per heavy atom. The first kappa shape index (κ1) is 21.2. The third-order valence-corrected chi connectivity index (χ3v) is 4.81. The number of primary amides is 1. The van der Waals surface area contributed by atoms with Gasteiger partial charge in [-0.2, -0.15) is 8.78 Å². The summed E-state index contributed by atoms with van der Waals surface area (Å²) < 4.78 is 55.2. The first-order valence-electron chi connectivity index (χ1n) is 9.49. The maximum Gasteiger partial charge on any atom is 0.341 e. The van der Waals surface area contributed by atoms with E-state index in [9.17, 15) is 22.4 Å². The molecule has 0 fully saturated rings. The molecule has 0 spiro atoms. The molecule has 0 saturated heterocycles. The number of benzene rings is 3. The van der Waals surface area contributed by atoms with Gasteiger partial charge in [0.15, 0.2) is 5.82 Å². The van der Waals surface area contributed by atoms with Crippen LogP contribution in [0.2, 0.25) is 0 Å². The van der Waals surface area contributed by atoms with E-state index in [0.29, 0.717) is 22.0 Å². The molecule has 162 valence electrons. The number of alkyl halides is 2. The highest BCUT2D eigenvalue weighted by molar-refractivity contribution is 5.94. The molecule has 3 N–H and O–H groups in total. The van der Waals surface area contributed by atoms with Crippen LogP contribution in [-0.4, -0.2) is 28.3 Å². The van der Waals surface area contributed by atoms with Crippen LogP contribution < -0.4 is 11.1 Å². The predicted molar refractivity (Wildman–Crippen MR) is 113 cm³/mol. The number of amides is 1. The first-order chi connectivity index (χ1) is 15.2. The topological polar surface area (TPSA) is 80.9 Å². The molecule has 0 saturated carbocycles. The summed E-state index contributed by atoms with van der Waals surface area (Å²) in [6.45, 7) is -1.09. The van der Waals surface area contributed by atoms with E-state index >= 15 is 0 Å². The molecule has 9 heteroatoms. The van der Waals surface area contributed by atoms with Gasteiger partial charge in [0.25, 0.3) is 5.91 Å². The molecular weight excluding hydrogens is 424 g/mol. The normalized spacial score (nSPS) is 11.5. The van der Waals surface area contributed by atoms with Crippen LogP contribution in [0.5, 0.6) is 0 Å². The number of nitrogens with zero attached hydrogens (tertiary/aromatic N) is 2. The van der Waals surface area contributed by atoms with E-state index in [1.807, 2.05) is 0 Å². The Morgan fingerprint density at radius 1 is 0.938 bits per heavy atom. The quantitative estimate of drug-likeness (QED) is 0.423. The van der Waals surface area contributed by atoms with Crippen LogP contribution in [0.1, 0.15) is 0 Å². The Hall–Kier alpha value is -4.01. The zero-order chi connectivity index (χ0) is 22.9. The van der Waals surface area contributed by atoms with Crippen LogP contribution in [0.25, 0.3) is 33.4 Å². The molecule has 1 heterocycles. The number of anilines is 1. The van der Waals surface area contributed by atoms with Crippen LogP contribution in [0.15, 0.2) is 66.7 Å². The van der Waals surface area contributed by atoms with Crippen LogP contribution in [0.4, 0.5) is 23.4 Å². The van der Waals surface area contributed by atoms with Gasteiger partial charge in [-0.15, -0.1) is 0 Å². The summed E-state index contributed by atoms with van der Waals surface area (Å²) in [5.74, 6) is -6.81. The van der Waals surface area contributed by atoms with Gasteiger partial charge >= 0.3 is 5.92 Å². The lowest BCUT2D eigenvalue weighted by atomic mass is 10.0. The van der Waals surface area contributed by atoms with E-state index in [1.165, 1.54) is 12.1 Å². The van der Waals surface area contributed by atoms with Gasteiger partial charge in [0.2, 0.25) is 0 Å². The van der Waals surface area contributed by atoms with Gasteiger partial charge in [-0.25, -0.2) is 18.7 Å². The predicted octanol–water partition coefficient (Wildman–Crippen LogP) is 4.77. The molecule has 0 atom stereocenters. The van der Waals surface area contributed by atoms with E-state index in [4.69, 9.17) is 5.73 Å². The SMILES string of the molecule is NC(=O)C(F)(F)CNc1nc(-c2ccccc2)nc2ccc(-c3ccc(F)cc3F)cc12. The molecule has 1 amide bonds. The minimum atomic E-state index is -3.81. The van der Waals surface area contributed by atoms with Crippen molar-refractivity contribution in [3.8, 4) is 22.5 Å². The Balaban J connectivity index is 1.85. The zero-order valence-electron chi connectivity index (χ0n) is 16.4. The number of hydrogen-bond donors (Lipinski definition) is 2. The van der Waals surface area contributed by atoms with Crippen LogP contribution >= 0.6 is 0 Å². The number of nitrogens with one attached hydrogen (secondary N) is 1. The highest BCUT2D eigenvalue weighted by atomic mass is 19.3. The average Bonchev–Trinajstić information content (AvgIpc) is 2.77. The van der Waals surface area contributed by atoms with Gasteiger partial charge in [0.05, 0.1) is 12.1 Å². The van der Waals surface area contributed by atoms with Crippen LogP contribution in [0.3, 0.4) is 0 Å². The largest absolute Gasteiger partial charge is 0.364 e. The third-order valence-electron chi connectivity index (χ3n) is 4.81. The lowest BCUT2D eigenvalue weighted by Crippen LogP contribution is -2.41. The number of hydrogen-bond acceptors (Lipinski definition) is 4. The van der Waals surface area contributed by atoms with Crippen molar-refractivity contribution >= 4 is 22.6 Å². The van der Waals surface area contributed by atoms with Crippen molar-refractivity contribution in [2.24, 2.45) is 5.73 Å². The molecule has 0 bridgehead atoms. The van der Waals surface area contributed by atoms with Crippen LogP contribution in [-0.2, 0) is 4.79 Å². The summed E-state index contributed by atoms with van der Waals surface area (Å²) >= 11 is 0. The second kappa shape index (κ2) is 8.26. The number of fused-ring (bicyclic) bond motifs is 1. The Kier molecular flexibility index (Phi) is 5.48. The third kappa shape index (κ3) is 4.22. The minimum Gasteiger partial charge on any atom is -0.364 e. The number of carbonyl (C=O) groups excluding carboxylic acids is 1. The summed E-state index contributed by atoms with van der Waals surface area (Å²) in [7, 11) is 0. The van der Waals surface area contributed by atoms with Crippen molar-refractivity contribution in [2.45, 2.75) is 5.92 Å². The molecule has 5 nitrogen and oxygen atoms in total. The number of rotatable bonds is 6. The van der Waals surface area contributed by atoms with Crippen molar-refractivity contribution in [1.29, 1.82) is 0 Å². The smallest absolute Gasteiger partial charge is 0.341 e. The molecule has 0 radical (unpaired) electrons. The minimum absolute atomic E-state index is 0.0131.